The van der Waals surface area contributed by atoms with E-state index in [9.17, 15) is 19.5 Å². The third-order valence-electron chi connectivity index (χ3n) is 8.06. The number of carbonyl (C=O) groups is 3. The van der Waals surface area contributed by atoms with Crippen molar-refractivity contribution in [2.24, 2.45) is 23.7 Å². The second-order valence-corrected chi connectivity index (χ2v) is 12.7. The average molecular weight is 506 g/mol. The Morgan fingerprint density at radius 1 is 1.20 bits per heavy atom. The standard InChI is InChI=1S/C27H43N3O4S/c1-9-11-28(8)24(32)21-20-14-18(7)27(35-20)22(21)25(33)30(19(15-31)13-16(3)4)23(27)26(34)29(12-10-2)17(5)6/h9-10,16-23,31H,1-2,11-15H2,3-8H3/t18?,19-,20+,21-,22+,23?,27?/m1/s1. The smallest absolute Gasteiger partial charge is 0.247 e. The minimum absolute atomic E-state index is 0.000690. The second kappa shape index (κ2) is 10.7. The van der Waals surface area contributed by atoms with Crippen molar-refractivity contribution in [2.45, 2.75) is 75.6 Å². The third kappa shape index (κ3) is 4.45. The molecule has 3 aliphatic rings. The van der Waals surface area contributed by atoms with Gasteiger partial charge in [0.2, 0.25) is 17.7 Å². The molecule has 1 spiro atoms. The summed E-state index contributed by atoms with van der Waals surface area (Å²) in [6.07, 6.45) is 4.79. The van der Waals surface area contributed by atoms with E-state index in [0.29, 0.717) is 19.5 Å². The van der Waals surface area contributed by atoms with Crippen LogP contribution in [0.15, 0.2) is 25.3 Å². The van der Waals surface area contributed by atoms with Crippen LogP contribution in [0.4, 0.5) is 0 Å². The minimum atomic E-state index is -0.717. The van der Waals surface area contributed by atoms with Gasteiger partial charge in [0.15, 0.2) is 0 Å². The van der Waals surface area contributed by atoms with Crippen molar-refractivity contribution in [3.8, 4) is 0 Å². The molecule has 3 fully saturated rings. The number of nitrogens with zero attached hydrogens (tertiary/aromatic N) is 3. The van der Waals surface area contributed by atoms with Crippen molar-refractivity contribution in [3.63, 3.8) is 0 Å². The van der Waals surface area contributed by atoms with Gasteiger partial charge in [-0.15, -0.1) is 24.9 Å². The van der Waals surface area contributed by atoms with E-state index in [-0.39, 0.29) is 47.5 Å². The topological polar surface area (TPSA) is 81.2 Å². The van der Waals surface area contributed by atoms with E-state index < -0.39 is 28.7 Å². The summed E-state index contributed by atoms with van der Waals surface area (Å²) in [5.41, 5.74) is 0. The first-order valence-corrected chi connectivity index (χ1v) is 13.7. The molecule has 3 amide bonds. The Morgan fingerprint density at radius 2 is 1.83 bits per heavy atom. The van der Waals surface area contributed by atoms with Gasteiger partial charge in [-0.3, -0.25) is 14.4 Å². The van der Waals surface area contributed by atoms with Gasteiger partial charge in [0.05, 0.1) is 29.2 Å². The summed E-state index contributed by atoms with van der Waals surface area (Å²) >= 11 is 1.68. The molecule has 7 nitrogen and oxygen atoms in total. The van der Waals surface area contributed by atoms with Gasteiger partial charge in [-0.05, 0) is 38.5 Å². The number of hydrogen-bond acceptors (Lipinski definition) is 5. The highest BCUT2D eigenvalue weighted by atomic mass is 32.2. The van der Waals surface area contributed by atoms with Crippen LogP contribution in [-0.2, 0) is 14.4 Å². The zero-order valence-corrected chi connectivity index (χ0v) is 23.0. The quantitative estimate of drug-likeness (QED) is 0.437. The molecule has 8 heteroatoms. The Hall–Kier alpha value is -1.80. The number of likely N-dealkylation sites (N-methyl/N-ethyl adjacent to an activating group) is 1. The highest BCUT2D eigenvalue weighted by molar-refractivity contribution is 8.02. The predicted octanol–water partition coefficient (Wildman–Crippen LogP) is 2.80. The van der Waals surface area contributed by atoms with Crippen molar-refractivity contribution in [1.82, 2.24) is 14.7 Å². The zero-order valence-electron chi connectivity index (χ0n) is 22.1. The lowest BCUT2D eigenvalue weighted by atomic mass is 9.65. The fourth-order valence-electron chi connectivity index (χ4n) is 6.62. The van der Waals surface area contributed by atoms with Crippen LogP contribution in [0.1, 0.15) is 47.5 Å². The molecule has 0 saturated carbocycles. The summed E-state index contributed by atoms with van der Waals surface area (Å²) in [7, 11) is 1.75. The van der Waals surface area contributed by atoms with Crippen LogP contribution >= 0.6 is 11.8 Å². The Morgan fingerprint density at radius 3 is 2.34 bits per heavy atom. The molecule has 3 saturated heterocycles. The van der Waals surface area contributed by atoms with E-state index in [2.05, 4.69) is 33.9 Å². The summed E-state index contributed by atoms with van der Waals surface area (Å²) in [6.45, 7) is 18.3. The van der Waals surface area contributed by atoms with Gasteiger partial charge in [-0.2, -0.15) is 0 Å². The Labute approximate surface area is 215 Å². The van der Waals surface area contributed by atoms with Crippen LogP contribution < -0.4 is 0 Å². The number of fused-ring (bicyclic) bond motifs is 1. The lowest BCUT2D eigenvalue weighted by molar-refractivity contribution is -0.147. The summed E-state index contributed by atoms with van der Waals surface area (Å²) in [5, 5.41) is 10.4. The molecular formula is C27H43N3O4S. The molecule has 0 aromatic heterocycles. The number of carbonyl (C=O) groups excluding carboxylic acids is 3. The van der Waals surface area contributed by atoms with Gasteiger partial charge in [-0.1, -0.05) is 32.9 Å². The van der Waals surface area contributed by atoms with Gasteiger partial charge in [0.25, 0.3) is 0 Å². The number of likely N-dealkylation sites (tertiary alicyclic amines) is 1. The zero-order chi connectivity index (χ0) is 26.2. The molecule has 35 heavy (non-hydrogen) atoms. The molecule has 0 radical (unpaired) electrons. The number of amides is 3. The van der Waals surface area contributed by atoms with Crippen molar-refractivity contribution in [3.05, 3.63) is 25.3 Å². The van der Waals surface area contributed by atoms with Gasteiger partial charge in [0, 0.05) is 31.4 Å². The molecular weight excluding hydrogens is 462 g/mol. The van der Waals surface area contributed by atoms with E-state index >= 15 is 0 Å². The van der Waals surface area contributed by atoms with Crippen LogP contribution in [0.2, 0.25) is 0 Å². The molecule has 3 heterocycles. The number of thioether (sulfide) groups is 1. The molecule has 0 aromatic rings. The molecule has 196 valence electrons. The van der Waals surface area contributed by atoms with Gasteiger partial charge >= 0.3 is 0 Å². The fraction of sp³-hybridized carbons (Fsp3) is 0.741. The van der Waals surface area contributed by atoms with Crippen molar-refractivity contribution in [1.29, 1.82) is 0 Å². The Balaban J connectivity index is 2.16. The maximum atomic E-state index is 14.3. The SMILES string of the molecule is C=CCN(C)C(=O)[C@@H]1[C@@H]2CC(C)C3(S2)C(C(=O)N(CC=C)C(C)C)N([C@@H](CO)CC(C)C)C(=O)[C@H]13. The number of rotatable bonds is 11. The molecule has 0 aliphatic carbocycles. The minimum Gasteiger partial charge on any atom is -0.394 e. The predicted molar refractivity (Wildman–Crippen MR) is 141 cm³/mol. The number of hydrogen-bond donors (Lipinski definition) is 1. The number of aliphatic hydroxyl groups is 1. The van der Waals surface area contributed by atoms with E-state index in [0.717, 1.165) is 6.42 Å². The van der Waals surface area contributed by atoms with Crippen LogP contribution in [0.5, 0.6) is 0 Å². The summed E-state index contributed by atoms with van der Waals surface area (Å²) < 4.78 is -0.688. The maximum Gasteiger partial charge on any atom is 0.247 e. The average Bonchev–Trinajstić information content (AvgIpc) is 3.38. The summed E-state index contributed by atoms with van der Waals surface area (Å²) in [5.74, 6) is -1.04. The lowest BCUT2D eigenvalue weighted by Crippen LogP contribution is -2.60. The fourth-order valence-corrected chi connectivity index (χ4v) is 9.02. The van der Waals surface area contributed by atoms with Crippen LogP contribution in [-0.4, -0.2) is 92.4 Å². The van der Waals surface area contributed by atoms with E-state index in [1.165, 1.54) is 0 Å². The summed E-state index contributed by atoms with van der Waals surface area (Å²) in [6, 6.07) is -1.26. The Bertz CT molecular complexity index is 861. The molecule has 2 bridgehead atoms. The first kappa shape index (κ1) is 27.8. The van der Waals surface area contributed by atoms with Crippen LogP contribution in [0.25, 0.3) is 0 Å². The Kier molecular flexibility index (Phi) is 8.47. The largest absolute Gasteiger partial charge is 0.394 e. The number of aliphatic hydroxyl groups excluding tert-OH is 1. The van der Waals surface area contributed by atoms with E-state index in [1.54, 1.807) is 45.7 Å². The molecule has 1 N–H and O–H groups in total. The van der Waals surface area contributed by atoms with E-state index in [1.807, 2.05) is 13.8 Å². The van der Waals surface area contributed by atoms with Crippen molar-refractivity contribution >= 4 is 29.5 Å². The lowest BCUT2D eigenvalue weighted by Gasteiger charge is -2.43. The summed E-state index contributed by atoms with van der Waals surface area (Å²) in [4.78, 5) is 47.3. The van der Waals surface area contributed by atoms with Crippen LogP contribution in [0.3, 0.4) is 0 Å². The van der Waals surface area contributed by atoms with Gasteiger partial charge in [-0.25, -0.2) is 0 Å². The monoisotopic (exact) mass is 505 g/mol. The maximum absolute atomic E-state index is 14.3. The first-order valence-electron chi connectivity index (χ1n) is 12.9. The van der Waals surface area contributed by atoms with Crippen molar-refractivity contribution < 1.29 is 19.5 Å². The molecule has 7 atom stereocenters. The highest BCUT2D eigenvalue weighted by Crippen LogP contribution is 2.69. The third-order valence-corrected chi connectivity index (χ3v) is 10.1. The van der Waals surface area contributed by atoms with Gasteiger partial charge < -0.3 is 19.8 Å². The first-order chi connectivity index (χ1) is 16.5. The van der Waals surface area contributed by atoms with E-state index in [4.69, 9.17) is 0 Å². The molecule has 3 unspecified atom stereocenters. The van der Waals surface area contributed by atoms with Gasteiger partial charge in [0.1, 0.15) is 6.04 Å². The van der Waals surface area contributed by atoms with Crippen LogP contribution in [0, 0.1) is 23.7 Å². The normalized spacial score (nSPS) is 32.2. The highest BCUT2D eigenvalue weighted by Gasteiger charge is 2.76. The molecule has 3 rings (SSSR count). The second-order valence-electron chi connectivity index (χ2n) is 11.1. The molecule has 0 aromatic carbocycles. The van der Waals surface area contributed by atoms with Crippen molar-refractivity contribution in [2.75, 3.05) is 26.7 Å². The molecule has 3 aliphatic heterocycles.